The summed E-state index contributed by atoms with van der Waals surface area (Å²) in [5.41, 5.74) is 4.95. The molecular formula is C23H24N6. The van der Waals surface area contributed by atoms with Gasteiger partial charge in [0.05, 0.1) is 17.4 Å². The highest BCUT2D eigenvalue weighted by Crippen LogP contribution is 2.30. The van der Waals surface area contributed by atoms with Crippen molar-refractivity contribution in [2.24, 2.45) is 4.99 Å². The third-order valence-corrected chi connectivity index (χ3v) is 4.67. The fraction of sp³-hybridized carbons (Fsp3) is 0.174. The van der Waals surface area contributed by atoms with Crippen molar-refractivity contribution in [3.05, 3.63) is 72.6 Å². The van der Waals surface area contributed by atoms with Gasteiger partial charge in [0.25, 0.3) is 0 Å². The van der Waals surface area contributed by atoms with E-state index in [0.29, 0.717) is 0 Å². The normalized spacial score (nSPS) is 12.4. The summed E-state index contributed by atoms with van der Waals surface area (Å²) in [7, 11) is 3.91. The molecule has 0 bridgehead atoms. The minimum absolute atomic E-state index is 0.136. The Balaban J connectivity index is 1.65. The Morgan fingerprint density at radius 1 is 1.03 bits per heavy atom. The summed E-state index contributed by atoms with van der Waals surface area (Å²) in [6, 6.07) is 20.7. The predicted octanol–water partition coefficient (Wildman–Crippen LogP) is 5.02. The second kappa shape index (κ2) is 8.14. The van der Waals surface area contributed by atoms with Gasteiger partial charge in [-0.1, -0.05) is 42.5 Å². The van der Waals surface area contributed by atoms with Crippen molar-refractivity contribution in [1.29, 1.82) is 0 Å². The Bertz CT molecular complexity index is 1130. The van der Waals surface area contributed by atoms with E-state index in [4.69, 9.17) is 0 Å². The number of fused-ring (bicyclic) bond motifs is 1. The summed E-state index contributed by atoms with van der Waals surface area (Å²) in [6.45, 7) is 2.13. The van der Waals surface area contributed by atoms with Gasteiger partial charge in [-0.25, -0.2) is 15.0 Å². The molecule has 0 amide bonds. The molecule has 1 atom stereocenters. The van der Waals surface area contributed by atoms with Gasteiger partial charge < -0.3 is 15.2 Å². The van der Waals surface area contributed by atoms with Crippen LogP contribution in [0.2, 0.25) is 0 Å². The van der Waals surface area contributed by atoms with Gasteiger partial charge in [-0.05, 0) is 30.7 Å². The third kappa shape index (κ3) is 4.27. The van der Waals surface area contributed by atoms with Crippen LogP contribution >= 0.6 is 0 Å². The van der Waals surface area contributed by atoms with Gasteiger partial charge in [0.2, 0.25) is 0 Å². The number of H-pyrrole nitrogens is 1. The molecule has 4 rings (SSSR count). The number of rotatable bonds is 6. The lowest BCUT2D eigenvalue weighted by atomic mass is 10.1. The highest BCUT2D eigenvalue weighted by atomic mass is 15.1. The second-order valence-electron chi connectivity index (χ2n) is 7.20. The highest BCUT2D eigenvalue weighted by molar-refractivity contribution is 5.91. The van der Waals surface area contributed by atoms with Crippen LogP contribution in [0.25, 0.3) is 22.3 Å². The van der Waals surface area contributed by atoms with Crippen LogP contribution < -0.4 is 5.32 Å². The molecule has 6 heteroatoms. The van der Waals surface area contributed by atoms with E-state index in [9.17, 15) is 0 Å². The SMILES string of the molecule is C[C@@H](Nc1ncnc2[nH]c(-c3cccc(/N=C/N(C)C)c3)cc12)c1ccccc1. The van der Waals surface area contributed by atoms with Crippen LogP contribution in [-0.2, 0) is 0 Å². The van der Waals surface area contributed by atoms with Crippen LogP contribution in [0.1, 0.15) is 18.5 Å². The molecule has 29 heavy (non-hydrogen) atoms. The van der Waals surface area contributed by atoms with Crippen molar-refractivity contribution in [1.82, 2.24) is 19.9 Å². The molecule has 0 fully saturated rings. The number of aromatic amines is 1. The van der Waals surface area contributed by atoms with E-state index in [1.165, 1.54) is 5.56 Å². The lowest BCUT2D eigenvalue weighted by Gasteiger charge is -2.15. The van der Waals surface area contributed by atoms with Gasteiger partial charge in [0.15, 0.2) is 0 Å². The van der Waals surface area contributed by atoms with E-state index in [1.54, 1.807) is 12.7 Å². The first-order valence-corrected chi connectivity index (χ1v) is 9.56. The number of nitrogens with zero attached hydrogens (tertiary/aromatic N) is 4. The summed E-state index contributed by atoms with van der Waals surface area (Å²) in [6.07, 6.45) is 3.38. The van der Waals surface area contributed by atoms with Crippen molar-refractivity contribution < 1.29 is 0 Å². The molecule has 146 valence electrons. The van der Waals surface area contributed by atoms with Crippen LogP contribution in [0, 0.1) is 0 Å². The van der Waals surface area contributed by atoms with Crippen molar-refractivity contribution in [3.8, 4) is 11.3 Å². The molecule has 2 aromatic heterocycles. The average Bonchev–Trinajstić information content (AvgIpc) is 3.19. The first-order valence-electron chi connectivity index (χ1n) is 9.56. The quantitative estimate of drug-likeness (QED) is 0.362. The van der Waals surface area contributed by atoms with Crippen LogP contribution in [0.4, 0.5) is 11.5 Å². The Hall–Kier alpha value is -3.67. The van der Waals surface area contributed by atoms with Crippen molar-refractivity contribution in [2.75, 3.05) is 19.4 Å². The van der Waals surface area contributed by atoms with E-state index in [0.717, 1.165) is 33.8 Å². The highest BCUT2D eigenvalue weighted by Gasteiger charge is 2.12. The number of anilines is 1. The van der Waals surface area contributed by atoms with Gasteiger partial charge in [-0.3, -0.25) is 0 Å². The molecular weight excluding hydrogens is 360 g/mol. The van der Waals surface area contributed by atoms with Gasteiger partial charge in [0, 0.05) is 31.4 Å². The van der Waals surface area contributed by atoms with Crippen LogP contribution in [0.5, 0.6) is 0 Å². The van der Waals surface area contributed by atoms with Gasteiger partial charge in [-0.15, -0.1) is 0 Å². The largest absolute Gasteiger partial charge is 0.369 e. The molecule has 0 aliphatic carbocycles. The summed E-state index contributed by atoms with van der Waals surface area (Å²) in [4.78, 5) is 18.7. The minimum atomic E-state index is 0.136. The van der Waals surface area contributed by atoms with E-state index in [-0.39, 0.29) is 6.04 Å². The van der Waals surface area contributed by atoms with E-state index < -0.39 is 0 Å². The number of hydrogen-bond acceptors (Lipinski definition) is 4. The Labute approximate surface area is 170 Å². The molecule has 0 saturated carbocycles. The number of aliphatic imine (C=N–C) groups is 1. The lowest BCUT2D eigenvalue weighted by Crippen LogP contribution is -2.08. The van der Waals surface area contributed by atoms with Crippen molar-refractivity contribution in [3.63, 3.8) is 0 Å². The zero-order valence-corrected chi connectivity index (χ0v) is 16.8. The molecule has 0 aliphatic rings. The molecule has 2 heterocycles. The van der Waals surface area contributed by atoms with Crippen molar-refractivity contribution >= 4 is 28.9 Å². The molecule has 4 aromatic rings. The number of nitrogens with one attached hydrogen (secondary N) is 2. The van der Waals surface area contributed by atoms with E-state index >= 15 is 0 Å². The maximum atomic E-state index is 4.48. The number of aromatic nitrogens is 3. The Kier molecular flexibility index (Phi) is 5.24. The number of benzene rings is 2. The molecule has 6 nitrogen and oxygen atoms in total. The molecule has 0 spiro atoms. The molecule has 2 aromatic carbocycles. The summed E-state index contributed by atoms with van der Waals surface area (Å²) >= 11 is 0. The third-order valence-electron chi connectivity index (χ3n) is 4.67. The summed E-state index contributed by atoms with van der Waals surface area (Å²) < 4.78 is 0. The van der Waals surface area contributed by atoms with Crippen LogP contribution in [-0.4, -0.2) is 40.3 Å². The maximum absolute atomic E-state index is 4.48. The molecule has 0 radical (unpaired) electrons. The summed E-state index contributed by atoms with van der Waals surface area (Å²) in [5, 5.41) is 4.48. The fourth-order valence-electron chi connectivity index (χ4n) is 3.18. The lowest BCUT2D eigenvalue weighted by molar-refractivity contribution is 0.643. The molecule has 0 aliphatic heterocycles. The Morgan fingerprint density at radius 2 is 1.86 bits per heavy atom. The topological polar surface area (TPSA) is 69.2 Å². The van der Waals surface area contributed by atoms with Crippen molar-refractivity contribution in [2.45, 2.75) is 13.0 Å². The van der Waals surface area contributed by atoms with E-state index in [2.05, 4.69) is 62.5 Å². The zero-order valence-electron chi connectivity index (χ0n) is 16.8. The first kappa shape index (κ1) is 18.7. The fourth-order valence-corrected chi connectivity index (χ4v) is 3.18. The summed E-state index contributed by atoms with van der Waals surface area (Å²) in [5.74, 6) is 0.815. The van der Waals surface area contributed by atoms with Crippen LogP contribution in [0.3, 0.4) is 0 Å². The Morgan fingerprint density at radius 3 is 2.66 bits per heavy atom. The monoisotopic (exact) mass is 384 g/mol. The van der Waals surface area contributed by atoms with E-state index in [1.807, 2.05) is 49.3 Å². The predicted molar refractivity (Wildman–Crippen MR) is 120 cm³/mol. The molecule has 0 saturated heterocycles. The zero-order chi connectivity index (χ0) is 20.2. The molecule has 2 N–H and O–H groups in total. The smallest absolute Gasteiger partial charge is 0.143 e. The average molecular weight is 384 g/mol. The molecule has 0 unspecified atom stereocenters. The number of hydrogen-bond donors (Lipinski definition) is 2. The minimum Gasteiger partial charge on any atom is -0.369 e. The van der Waals surface area contributed by atoms with Gasteiger partial charge in [-0.2, -0.15) is 0 Å². The first-order chi connectivity index (χ1) is 14.1. The van der Waals surface area contributed by atoms with Gasteiger partial charge in [0.1, 0.15) is 17.8 Å². The maximum Gasteiger partial charge on any atom is 0.143 e. The second-order valence-corrected chi connectivity index (χ2v) is 7.20. The standard InChI is InChI=1S/C23H24N6/c1-16(17-8-5-4-6-9-17)27-22-20-13-21(28-23(20)25-14-24-22)18-10-7-11-19(12-18)26-15-29(2)3/h4-16H,1-3H3,(H2,24,25,27,28)/b26-15+/t16-/m1/s1. The van der Waals surface area contributed by atoms with Gasteiger partial charge >= 0.3 is 0 Å². The van der Waals surface area contributed by atoms with Crippen LogP contribution in [0.15, 0.2) is 72.0 Å².